The van der Waals surface area contributed by atoms with Gasteiger partial charge in [-0.1, -0.05) is 19.9 Å². The summed E-state index contributed by atoms with van der Waals surface area (Å²) >= 11 is 0. The van der Waals surface area contributed by atoms with Crippen molar-refractivity contribution in [3.8, 4) is 0 Å². The highest BCUT2D eigenvalue weighted by molar-refractivity contribution is 5.94. The van der Waals surface area contributed by atoms with Gasteiger partial charge < -0.3 is 10.4 Å². The van der Waals surface area contributed by atoms with Gasteiger partial charge in [0.25, 0.3) is 5.91 Å². The van der Waals surface area contributed by atoms with Crippen LogP contribution < -0.4 is 5.32 Å². The van der Waals surface area contributed by atoms with E-state index in [0.29, 0.717) is 24.4 Å². The largest absolute Gasteiger partial charge is 0.396 e. The van der Waals surface area contributed by atoms with E-state index < -0.39 is 5.82 Å². The first-order valence-electron chi connectivity index (χ1n) is 6.67. The lowest BCUT2D eigenvalue weighted by atomic mass is 9.94. The van der Waals surface area contributed by atoms with E-state index in [2.05, 4.69) is 19.2 Å². The maximum atomic E-state index is 13.0. The Labute approximate surface area is 113 Å². The monoisotopic (exact) mass is 267 g/mol. The van der Waals surface area contributed by atoms with Gasteiger partial charge in [0.1, 0.15) is 5.82 Å². The van der Waals surface area contributed by atoms with Gasteiger partial charge in [-0.25, -0.2) is 4.39 Å². The number of hydrogen-bond donors (Lipinski definition) is 2. The van der Waals surface area contributed by atoms with Gasteiger partial charge >= 0.3 is 0 Å². The molecule has 0 aliphatic carbocycles. The van der Waals surface area contributed by atoms with Gasteiger partial charge in [0.15, 0.2) is 0 Å². The molecule has 0 radical (unpaired) electrons. The molecular weight excluding hydrogens is 245 g/mol. The van der Waals surface area contributed by atoms with E-state index in [0.717, 1.165) is 6.42 Å². The molecule has 0 spiro atoms. The molecule has 19 heavy (non-hydrogen) atoms. The molecule has 0 aliphatic rings. The van der Waals surface area contributed by atoms with Crippen molar-refractivity contribution in [3.63, 3.8) is 0 Å². The maximum Gasteiger partial charge on any atom is 0.251 e. The molecule has 2 N–H and O–H groups in total. The van der Waals surface area contributed by atoms with Crippen LogP contribution in [-0.4, -0.2) is 24.2 Å². The molecule has 1 aromatic carbocycles. The van der Waals surface area contributed by atoms with Gasteiger partial charge in [-0.15, -0.1) is 0 Å². The summed E-state index contributed by atoms with van der Waals surface area (Å²) in [4.78, 5) is 11.9. The van der Waals surface area contributed by atoms with Crippen LogP contribution in [0.15, 0.2) is 24.3 Å². The smallest absolute Gasteiger partial charge is 0.251 e. The van der Waals surface area contributed by atoms with Gasteiger partial charge in [-0.2, -0.15) is 0 Å². The van der Waals surface area contributed by atoms with Crippen LogP contribution in [-0.2, 0) is 0 Å². The van der Waals surface area contributed by atoms with Crippen molar-refractivity contribution < 1.29 is 14.3 Å². The highest BCUT2D eigenvalue weighted by Gasteiger charge is 2.13. The van der Waals surface area contributed by atoms with Crippen molar-refractivity contribution in [2.45, 2.75) is 26.7 Å². The molecule has 1 amide bonds. The number of halogens is 1. The molecule has 0 fully saturated rings. The molecular formula is C15H22FNO2. The third-order valence-corrected chi connectivity index (χ3v) is 2.98. The summed E-state index contributed by atoms with van der Waals surface area (Å²) in [5.74, 6) is 0.0815. The summed E-state index contributed by atoms with van der Waals surface area (Å²) in [5.41, 5.74) is 0.326. The predicted octanol–water partition coefficient (Wildman–Crippen LogP) is 2.60. The van der Waals surface area contributed by atoms with Crippen LogP contribution in [0.4, 0.5) is 4.39 Å². The van der Waals surface area contributed by atoms with E-state index in [4.69, 9.17) is 5.11 Å². The Morgan fingerprint density at radius 1 is 1.42 bits per heavy atom. The highest BCUT2D eigenvalue weighted by Crippen LogP contribution is 2.14. The van der Waals surface area contributed by atoms with Crippen LogP contribution in [0.25, 0.3) is 0 Å². The molecule has 0 bridgehead atoms. The Bertz CT molecular complexity index is 407. The van der Waals surface area contributed by atoms with Gasteiger partial charge in [0.2, 0.25) is 0 Å². The minimum atomic E-state index is -0.415. The zero-order valence-electron chi connectivity index (χ0n) is 11.5. The van der Waals surface area contributed by atoms with E-state index in [-0.39, 0.29) is 18.4 Å². The van der Waals surface area contributed by atoms with Gasteiger partial charge in [-0.05, 0) is 42.9 Å². The van der Waals surface area contributed by atoms with Crippen LogP contribution in [0.1, 0.15) is 37.0 Å². The van der Waals surface area contributed by atoms with Crippen molar-refractivity contribution in [1.29, 1.82) is 0 Å². The van der Waals surface area contributed by atoms with Crippen molar-refractivity contribution >= 4 is 5.91 Å². The molecule has 1 unspecified atom stereocenters. The number of hydrogen-bond acceptors (Lipinski definition) is 2. The summed E-state index contributed by atoms with van der Waals surface area (Å²) < 4.78 is 13.0. The average Bonchev–Trinajstić information content (AvgIpc) is 2.35. The minimum Gasteiger partial charge on any atom is -0.396 e. The first-order chi connectivity index (χ1) is 9.02. The lowest BCUT2D eigenvalue weighted by Gasteiger charge is -2.18. The summed E-state index contributed by atoms with van der Waals surface area (Å²) in [6.07, 6.45) is 1.62. The topological polar surface area (TPSA) is 49.3 Å². The third kappa shape index (κ3) is 5.83. The van der Waals surface area contributed by atoms with Crippen molar-refractivity contribution in [2.24, 2.45) is 11.8 Å². The highest BCUT2D eigenvalue weighted by atomic mass is 19.1. The Hall–Kier alpha value is -1.42. The molecule has 0 saturated heterocycles. The molecule has 0 aliphatic heterocycles. The second kappa shape index (κ2) is 7.89. The number of aliphatic hydroxyl groups is 1. The normalized spacial score (nSPS) is 12.5. The Morgan fingerprint density at radius 3 is 2.74 bits per heavy atom. The SMILES string of the molecule is CC(C)CC(CCO)CNC(=O)c1cccc(F)c1. The maximum absolute atomic E-state index is 13.0. The minimum absolute atomic E-state index is 0.118. The molecule has 0 heterocycles. The molecule has 0 saturated carbocycles. The van der Waals surface area contributed by atoms with Crippen molar-refractivity contribution in [3.05, 3.63) is 35.6 Å². The van der Waals surface area contributed by atoms with Crippen LogP contribution in [0.3, 0.4) is 0 Å². The third-order valence-electron chi connectivity index (χ3n) is 2.98. The van der Waals surface area contributed by atoms with E-state index in [1.54, 1.807) is 6.07 Å². The number of carbonyl (C=O) groups is 1. The second-order valence-electron chi connectivity index (χ2n) is 5.23. The Kier molecular flexibility index (Phi) is 6.50. The first kappa shape index (κ1) is 15.6. The van der Waals surface area contributed by atoms with Crippen molar-refractivity contribution in [1.82, 2.24) is 5.32 Å². The molecule has 4 heteroatoms. The fourth-order valence-corrected chi connectivity index (χ4v) is 2.12. The molecule has 1 atom stereocenters. The molecule has 3 nitrogen and oxygen atoms in total. The fourth-order valence-electron chi connectivity index (χ4n) is 2.12. The van der Waals surface area contributed by atoms with E-state index >= 15 is 0 Å². The zero-order valence-corrected chi connectivity index (χ0v) is 11.5. The quantitative estimate of drug-likeness (QED) is 0.797. The van der Waals surface area contributed by atoms with E-state index in [9.17, 15) is 9.18 Å². The van der Waals surface area contributed by atoms with E-state index in [1.807, 2.05) is 0 Å². The van der Waals surface area contributed by atoms with Crippen LogP contribution in [0.2, 0.25) is 0 Å². The number of nitrogens with one attached hydrogen (secondary N) is 1. The van der Waals surface area contributed by atoms with Crippen LogP contribution in [0.5, 0.6) is 0 Å². The van der Waals surface area contributed by atoms with Gasteiger partial charge in [0, 0.05) is 18.7 Å². The Morgan fingerprint density at radius 2 is 2.16 bits per heavy atom. The van der Waals surface area contributed by atoms with Gasteiger partial charge in [-0.3, -0.25) is 4.79 Å². The molecule has 1 rings (SSSR count). The lowest BCUT2D eigenvalue weighted by molar-refractivity contribution is 0.0941. The molecule has 1 aromatic rings. The summed E-state index contributed by atoms with van der Waals surface area (Å²) in [6, 6.07) is 5.63. The lowest BCUT2D eigenvalue weighted by Crippen LogP contribution is -2.30. The number of aliphatic hydroxyl groups excluding tert-OH is 1. The molecule has 106 valence electrons. The average molecular weight is 267 g/mol. The number of benzene rings is 1. The molecule has 0 aromatic heterocycles. The predicted molar refractivity (Wildman–Crippen MR) is 73.4 cm³/mol. The Balaban J connectivity index is 2.51. The van der Waals surface area contributed by atoms with Crippen molar-refractivity contribution in [2.75, 3.05) is 13.2 Å². The first-order valence-corrected chi connectivity index (χ1v) is 6.67. The van der Waals surface area contributed by atoms with Crippen LogP contribution >= 0.6 is 0 Å². The number of rotatable bonds is 7. The fraction of sp³-hybridized carbons (Fsp3) is 0.533. The number of amides is 1. The summed E-state index contributed by atoms with van der Waals surface area (Å²) in [7, 11) is 0. The number of carbonyl (C=O) groups excluding carboxylic acids is 1. The second-order valence-corrected chi connectivity index (χ2v) is 5.23. The standard InChI is InChI=1S/C15H22FNO2/c1-11(2)8-12(6-7-18)10-17-15(19)13-4-3-5-14(16)9-13/h3-5,9,11-12,18H,6-8,10H2,1-2H3,(H,17,19). The van der Waals surface area contributed by atoms with E-state index in [1.165, 1.54) is 18.2 Å². The summed E-state index contributed by atoms with van der Waals surface area (Å²) in [6.45, 7) is 4.85. The van der Waals surface area contributed by atoms with Gasteiger partial charge in [0.05, 0.1) is 0 Å². The summed E-state index contributed by atoms with van der Waals surface area (Å²) in [5, 5.41) is 11.8. The zero-order chi connectivity index (χ0) is 14.3. The van der Waals surface area contributed by atoms with Crippen LogP contribution in [0, 0.1) is 17.7 Å².